The molecule has 4 heteroatoms. The molecule has 1 fully saturated rings. The number of nitrogens with one attached hydrogen (secondary N) is 1. The summed E-state index contributed by atoms with van der Waals surface area (Å²) in [7, 11) is 0. The Balaban J connectivity index is 2.09. The summed E-state index contributed by atoms with van der Waals surface area (Å²) in [6, 6.07) is 3.08. The molecule has 1 aliphatic carbocycles. The van der Waals surface area contributed by atoms with Crippen molar-refractivity contribution in [3.8, 4) is 0 Å². The second-order valence-electron chi connectivity index (χ2n) is 6.14. The maximum Gasteiger partial charge on any atom is 0.254 e. The van der Waals surface area contributed by atoms with Crippen LogP contribution in [0.3, 0.4) is 0 Å². The Morgan fingerprint density at radius 1 is 1.30 bits per heavy atom. The Kier molecular flexibility index (Phi) is 4.31. The summed E-state index contributed by atoms with van der Waals surface area (Å²) in [4.78, 5) is 12.2. The van der Waals surface area contributed by atoms with Gasteiger partial charge in [-0.1, -0.05) is 13.8 Å². The smallest absolute Gasteiger partial charge is 0.254 e. The van der Waals surface area contributed by atoms with E-state index < -0.39 is 5.82 Å². The number of halogens is 1. The van der Waals surface area contributed by atoms with E-state index in [1.54, 1.807) is 6.92 Å². The summed E-state index contributed by atoms with van der Waals surface area (Å²) in [6.45, 7) is 6.06. The fourth-order valence-electron chi connectivity index (χ4n) is 2.90. The number of amides is 1. The predicted molar refractivity (Wildman–Crippen MR) is 79.0 cm³/mol. The van der Waals surface area contributed by atoms with Gasteiger partial charge in [0.15, 0.2) is 0 Å². The molecule has 1 aliphatic rings. The van der Waals surface area contributed by atoms with Crippen molar-refractivity contribution in [2.24, 2.45) is 11.8 Å². The lowest BCUT2D eigenvalue weighted by molar-refractivity contribution is 0.0906. The molecule has 2 rings (SSSR count). The predicted octanol–water partition coefficient (Wildman–Crippen LogP) is 3.27. The van der Waals surface area contributed by atoms with Crippen LogP contribution in [-0.2, 0) is 0 Å². The first-order valence-electron chi connectivity index (χ1n) is 7.25. The van der Waals surface area contributed by atoms with Crippen LogP contribution in [0.1, 0.15) is 49.0 Å². The van der Waals surface area contributed by atoms with Crippen molar-refractivity contribution >= 4 is 11.6 Å². The van der Waals surface area contributed by atoms with E-state index in [-0.39, 0.29) is 17.5 Å². The summed E-state index contributed by atoms with van der Waals surface area (Å²) in [5.74, 6) is 0.439. The summed E-state index contributed by atoms with van der Waals surface area (Å²) in [5.41, 5.74) is 6.56. The highest BCUT2D eigenvalue weighted by Gasteiger charge is 2.26. The number of benzene rings is 1. The number of nitrogens with two attached hydrogens (primary N) is 1. The average molecular weight is 278 g/mol. The zero-order valence-electron chi connectivity index (χ0n) is 12.4. The largest absolute Gasteiger partial charge is 0.399 e. The minimum absolute atomic E-state index is 0.0498. The lowest BCUT2D eigenvalue weighted by atomic mass is 9.79. The Labute approximate surface area is 119 Å². The van der Waals surface area contributed by atoms with E-state index in [0.29, 0.717) is 23.1 Å². The Bertz CT molecular complexity index is 515. The molecular formula is C16H23FN2O. The van der Waals surface area contributed by atoms with Gasteiger partial charge in [0.25, 0.3) is 5.91 Å². The number of rotatable bonds is 2. The van der Waals surface area contributed by atoms with Gasteiger partial charge in [0, 0.05) is 11.7 Å². The highest BCUT2D eigenvalue weighted by molar-refractivity contribution is 5.95. The van der Waals surface area contributed by atoms with Crippen molar-refractivity contribution in [1.82, 2.24) is 5.32 Å². The maximum atomic E-state index is 14.0. The minimum atomic E-state index is -0.478. The van der Waals surface area contributed by atoms with Crippen LogP contribution in [-0.4, -0.2) is 11.9 Å². The van der Waals surface area contributed by atoms with E-state index in [2.05, 4.69) is 19.2 Å². The molecule has 1 aromatic carbocycles. The molecule has 0 saturated heterocycles. The number of carbonyl (C=O) groups is 1. The second kappa shape index (κ2) is 5.81. The van der Waals surface area contributed by atoms with Gasteiger partial charge in [-0.3, -0.25) is 4.79 Å². The normalized spacial score (nSPS) is 26.3. The van der Waals surface area contributed by atoms with E-state index in [1.165, 1.54) is 12.1 Å². The molecule has 0 heterocycles. The molecule has 3 N–H and O–H groups in total. The Morgan fingerprint density at radius 2 is 2.00 bits per heavy atom. The number of hydrogen-bond donors (Lipinski definition) is 2. The molecule has 0 aromatic heterocycles. The van der Waals surface area contributed by atoms with Crippen molar-refractivity contribution < 1.29 is 9.18 Å². The molecule has 20 heavy (non-hydrogen) atoms. The number of anilines is 1. The van der Waals surface area contributed by atoms with E-state index in [0.717, 1.165) is 19.3 Å². The molecule has 1 saturated carbocycles. The molecule has 3 atom stereocenters. The fraction of sp³-hybridized carbons (Fsp3) is 0.562. The third-order valence-corrected chi connectivity index (χ3v) is 4.45. The van der Waals surface area contributed by atoms with Crippen LogP contribution in [0.5, 0.6) is 0 Å². The first-order valence-corrected chi connectivity index (χ1v) is 7.25. The summed E-state index contributed by atoms with van der Waals surface area (Å²) < 4.78 is 14.0. The quantitative estimate of drug-likeness (QED) is 0.816. The monoisotopic (exact) mass is 278 g/mol. The van der Waals surface area contributed by atoms with Gasteiger partial charge in [0.05, 0.1) is 5.56 Å². The molecule has 3 nitrogen and oxygen atoms in total. The fourth-order valence-corrected chi connectivity index (χ4v) is 2.90. The number of aryl methyl sites for hydroxylation is 1. The van der Waals surface area contributed by atoms with Crippen LogP contribution >= 0.6 is 0 Å². The number of nitrogen functional groups attached to an aromatic ring is 1. The van der Waals surface area contributed by atoms with Crippen LogP contribution in [0, 0.1) is 24.6 Å². The Hall–Kier alpha value is -1.58. The van der Waals surface area contributed by atoms with Crippen molar-refractivity contribution in [2.75, 3.05) is 5.73 Å². The first-order chi connectivity index (χ1) is 9.38. The van der Waals surface area contributed by atoms with Gasteiger partial charge < -0.3 is 11.1 Å². The van der Waals surface area contributed by atoms with Crippen molar-refractivity contribution in [3.05, 3.63) is 29.1 Å². The molecule has 0 radical (unpaired) electrons. The lowest BCUT2D eigenvalue weighted by Crippen LogP contribution is -2.40. The van der Waals surface area contributed by atoms with Crippen LogP contribution in [0.4, 0.5) is 10.1 Å². The van der Waals surface area contributed by atoms with E-state index in [1.807, 2.05) is 0 Å². The molecule has 110 valence electrons. The number of carbonyl (C=O) groups excluding carboxylic acids is 1. The zero-order chi connectivity index (χ0) is 14.9. The maximum absolute atomic E-state index is 14.0. The van der Waals surface area contributed by atoms with Gasteiger partial charge in [-0.25, -0.2) is 4.39 Å². The second-order valence-corrected chi connectivity index (χ2v) is 6.14. The van der Waals surface area contributed by atoms with Gasteiger partial charge in [-0.2, -0.15) is 0 Å². The van der Waals surface area contributed by atoms with E-state index in [4.69, 9.17) is 5.73 Å². The highest BCUT2D eigenvalue weighted by Crippen LogP contribution is 2.29. The standard InChI is InChI=1S/C16H23FN2O/c1-9-4-5-13(7-10(9)2)19-16(20)14-8-12(18)6-11(3)15(14)17/h6,8-10,13H,4-5,7,18H2,1-3H3,(H,19,20). The molecule has 0 spiro atoms. The van der Waals surface area contributed by atoms with Crippen LogP contribution in [0.25, 0.3) is 0 Å². The molecule has 0 bridgehead atoms. The zero-order valence-corrected chi connectivity index (χ0v) is 12.4. The van der Waals surface area contributed by atoms with E-state index in [9.17, 15) is 9.18 Å². The summed E-state index contributed by atoms with van der Waals surface area (Å²) in [6.07, 6.45) is 3.01. The van der Waals surface area contributed by atoms with Crippen molar-refractivity contribution in [1.29, 1.82) is 0 Å². The molecule has 1 aromatic rings. The minimum Gasteiger partial charge on any atom is -0.399 e. The SMILES string of the molecule is Cc1cc(N)cc(C(=O)NC2CCC(C)C(C)C2)c1F. The average Bonchev–Trinajstić information content (AvgIpc) is 2.38. The summed E-state index contributed by atoms with van der Waals surface area (Å²) in [5, 5.41) is 2.95. The van der Waals surface area contributed by atoms with E-state index >= 15 is 0 Å². The van der Waals surface area contributed by atoms with Crippen LogP contribution in [0.2, 0.25) is 0 Å². The highest BCUT2D eigenvalue weighted by atomic mass is 19.1. The van der Waals surface area contributed by atoms with Crippen LogP contribution in [0.15, 0.2) is 12.1 Å². The van der Waals surface area contributed by atoms with Crippen LogP contribution < -0.4 is 11.1 Å². The van der Waals surface area contributed by atoms with Gasteiger partial charge in [-0.05, 0) is 55.7 Å². The first kappa shape index (κ1) is 14.8. The molecule has 1 amide bonds. The topological polar surface area (TPSA) is 55.1 Å². The van der Waals surface area contributed by atoms with Crippen molar-refractivity contribution in [3.63, 3.8) is 0 Å². The van der Waals surface area contributed by atoms with Gasteiger partial charge >= 0.3 is 0 Å². The van der Waals surface area contributed by atoms with Gasteiger partial charge in [-0.15, -0.1) is 0 Å². The molecule has 3 unspecified atom stereocenters. The lowest BCUT2D eigenvalue weighted by Gasteiger charge is -2.32. The Morgan fingerprint density at radius 3 is 2.65 bits per heavy atom. The van der Waals surface area contributed by atoms with Crippen molar-refractivity contribution in [2.45, 2.75) is 46.1 Å². The van der Waals surface area contributed by atoms with Gasteiger partial charge in [0.2, 0.25) is 0 Å². The van der Waals surface area contributed by atoms with Gasteiger partial charge in [0.1, 0.15) is 5.82 Å². The number of hydrogen-bond acceptors (Lipinski definition) is 2. The summed E-state index contributed by atoms with van der Waals surface area (Å²) >= 11 is 0. The third kappa shape index (κ3) is 3.11. The molecular weight excluding hydrogens is 255 g/mol. The third-order valence-electron chi connectivity index (χ3n) is 4.45. The molecule has 0 aliphatic heterocycles.